The Bertz CT molecular complexity index is 911. The molecule has 0 aliphatic carbocycles. The van der Waals surface area contributed by atoms with E-state index in [1.165, 1.54) is 0 Å². The number of hydrogen-bond acceptors (Lipinski definition) is 3. The first-order valence-corrected chi connectivity index (χ1v) is 9.15. The minimum absolute atomic E-state index is 0.299. The molecule has 0 aromatic heterocycles. The Morgan fingerprint density at radius 2 is 1.78 bits per heavy atom. The second-order valence-electron chi connectivity index (χ2n) is 6.31. The van der Waals surface area contributed by atoms with Crippen LogP contribution in [0.4, 0.5) is 4.79 Å². The summed E-state index contributed by atoms with van der Waals surface area (Å²) in [6.07, 6.45) is -0.311. The Kier molecular flexibility index (Phi) is 5.73. The van der Waals surface area contributed by atoms with Gasteiger partial charge in [0.05, 0.1) is 33.5 Å². The van der Waals surface area contributed by atoms with Gasteiger partial charge in [0.25, 0.3) is 0 Å². The van der Waals surface area contributed by atoms with Crippen molar-refractivity contribution in [2.75, 3.05) is 0 Å². The minimum atomic E-state index is -0.727. The Hall–Kier alpha value is -2.50. The fraction of sp³-hybridized carbons (Fsp3) is 0.200. The molecule has 0 fully saturated rings. The van der Waals surface area contributed by atoms with Crippen LogP contribution < -0.4 is 10.6 Å². The standard InChI is InChI=1S/C20H18Cl2N2O3/c1-11(2)27-19(25)16-17(12-6-4-3-5-7-12)23-20(26)24-18(16)13-8-9-14(21)15(22)10-13/h3-11,18H,1-2H3,(H2,23,24,26). The minimum Gasteiger partial charge on any atom is -0.459 e. The number of esters is 1. The molecule has 0 saturated heterocycles. The number of benzene rings is 2. The van der Waals surface area contributed by atoms with Crippen LogP contribution in [0.5, 0.6) is 0 Å². The monoisotopic (exact) mass is 404 g/mol. The normalized spacial score (nSPS) is 16.8. The molecule has 1 aliphatic rings. The number of carbonyl (C=O) groups excluding carboxylic acids is 2. The number of ether oxygens (including phenoxy) is 1. The van der Waals surface area contributed by atoms with Gasteiger partial charge in [0.1, 0.15) is 0 Å². The van der Waals surface area contributed by atoms with E-state index in [0.717, 1.165) is 0 Å². The number of rotatable bonds is 4. The second kappa shape index (κ2) is 8.03. The van der Waals surface area contributed by atoms with Gasteiger partial charge in [0.2, 0.25) is 0 Å². The number of halogens is 2. The van der Waals surface area contributed by atoms with Crippen LogP contribution in [0.15, 0.2) is 54.1 Å². The van der Waals surface area contributed by atoms with Gasteiger partial charge in [-0.05, 0) is 37.1 Å². The van der Waals surface area contributed by atoms with Crippen LogP contribution >= 0.6 is 23.2 Å². The highest BCUT2D eigenvalue weighted by atomic mass is 35.5. The van der Waals surface area contributed by atoms with Crippen molar-refractivity contribution in [3.05, 3.63) is 75.3 Å². The third kappa shape index (κ3) is 4.26. The number of carbonyl (C=O) groups is 2. The van der Waals surface area contributed by atoms with Crippen molar-refractivity contribution in [2.45, 2.75) is 26.0 Å². The molecule has 7 heteroatoms. The molecule has 1 heterocycles. The van der Waals surface area contributed by atoms with Gasteiger partial charge in [-0.1, -0.05) is 59.6 Å². The van der Waals surface area contributed by atoms with Gasteiger partial charge in [-0.2, -0.15) is 0 Å². The molecule has 1 atom stereocenters. The molecule has 2 aromatic rings. The van der Waals surface area contributed by atoms with Crippen LogP contribution in [0.3, 0.4) is 0 Å². The summed E-state index contributed by atoms with van der Waals surface area (Å²) < 4.78 is 5.44. The summed E-state index contributed by atoms with van der Waals surface area (Å²) in [7, 11) is 0. The summed E-state index contributed by atoms with van der Waals surface area (Å²) in [5.41, 5.74) is 2.03. The maximum absolute atomic E-state index is 12.9. The predicted octanol–water partition coefficient (Wildman–Crippen LogP) is 4.71. The van der Waals surface area contributed by atoms with E-state index in [1.807, 2.05) is 30.3 Å². The van der Waals surface area contributed by atoms with Crippen LogP contribution in [-0.2, 0) is 9.53 Å². The molecule has 0 spiro atoms. The Morgan fingerprint density at radius 1 is 1.07 bits per heavy atom. The number of urea groups is 1. The number of nitrogens with one attached hydrogen (secondary N) is 2. The van der Waals surface area contributed by atoms with Crippen LogP contribution in [0.1, 0.15) is 31.0 Å². The predicted molar refractivity (Wildman–Crippen MR) is 105 cm³/mol. The third-order valence-electron chi connectivity index (χ3n) is 3.97. The molecule has 1 aliphatic heterocycles. The molecule has 0 saturated carbocycles. The van der Waals surface area contributed by atoms with Crippen molar-refractivity contribution >= 4 is 40.9 Å². The molecule has 2 amide bonds. The zero-order valence-corrected chi connectivity index (χ0v) is 16.3. The van der Waals surface area contributed by atoms with E-state index in [9.17, 15) is 9.59 Å². The molecule has 27 heavy (non-hydrogen) atoms. The molecule has 140 valence electrons. The summed E-state index contributed by atoms with van der Waals surface area (Å²) in [5.74, 6) is -0.521. The number of amides is 2. The maximum atomic E-state index is 12.9. The van der Waals surface area contributed by atoms with E-state index in [4.69, 9.17) is 27.9 Å². The van der Waals surface area contributed by atoms with Gasteiger partial charge in [0, 0.05) is 0 Å². The largest absolute Gasteiger partial charge is 0.459 e. The Morgan fingerprint density at radius 3 is 2.41 bits per heavy atom. The third-order valence-corrected chi connectivity index (χ3v) is 4.71. The van der Waals surface area contributed by atoms with Crippen LogP contribution in [0.2, 0.25) is 10.0 Å². The van der Waals surface area contributed by atoms with Crippen molar-refractivity contribution < 1.29 is 14.3 Å². The zero-order chi connectivity index (χ0) is 19.6. The summed E-state index contributed by atoms with van der Waals surface area (Å²) in [4.78, 5) is 25.2. The summed E-state index contributed by atoms with van der Waals surface area (Å²) in [5, 5.41) is 6.23. The van der Waals surface area contributed by atoms with Gasteiger partial charge >= 0.3 is 12.0 Å². The van der Waals surface area contributed by atoms with Crippen LogP contribution in [0, 0.1) is 0 Å². The van der Waals surface area contributed by atoms with E-state index in [1.54, 1.807) is 32.0 Å². The lowest BCUT2D eigenvalue weighted by atomic mass is 9.92. The molecular weight excluding hydrogens is 387 g/mol. The van der Waals surface area contributed by atoms with Crippen molar-refractivity contribution in [1.82, 2.24) is 10.6 Å². The Balaban J connectivity index is 2.18. The van der Waals surface area contributed by atoms with E-state index >= 15 is 0 Å². The van der Waals surface area contributed by atoms with Crippen molar-refractivity contribution in [2.24, 2.45) is 0 Å². The highest BCUT2D eigenvalue weighted by Gasteiger charge is 2.35. The first-order valence-electron chi connectivity index (χ1n) is 8.40. The quantitative estimate of drug-likeness (QED) is 0.724. The molecule has 0 bridgehead atoms. The molecule has 5 nitrogen and oxygen atoms in total. The average molecular weight is 405 g/mol. The van der Waals surface area contributed by atoms with E-state index in [0.29, 0.717) is 32.4 Å². The lowest BCUT2D eigenvalue weighted by Gasteiger charge is -2.30. The smallest absolute Gasteiger partial charge is 0.338 e. The van der Waals surface area contributed by atoms with Gasteiger partial charge in [-0.3, -0.25) is 0 Å². The molecule has 2 aromatic carbocycles. The first-order chi connectivity index (χ1) is 12.9. The molecular formula is C20H18Cl2N2O3. The topological polar surface area (TPSA) is 67.4 Å². The van der Waals surface area contributed by atoms with Gasteiger partial charge < -0.3 is 15.4 Å². The van der Waals surface area contributed by atoms with Crippen molar-refractivity contribution in [3.8, 4) is 0 Å². The summed E-state index contributed by atoms with van der Waals surface area (Å²) in [6, 6.07) is 13.0. The van der Waals surface area contributed by atoms with Gasteiger partial charge in [-0.15, -0.1) is 0 Å². The fourth-order valence-electron chi connectivity index (χ4n) is 2.84. The SMILES string of the molecule is CC(C)OC(=O)C1=C(c2ccccc2)NC(=O)NC1c1ccc(Cl)c(Cl)c1. The summed E-state index contributed by atoms with van der Waals surface area (Å²) in [6.45, 7) is 3.54. The van der Waals surface area contributed by atoms with Crippen molar-refractivity contribution in [3.63, 3.8) is 0 Å². The fourth-order valence-corrected chi connectivity index (χ4v) is 3.14. The highest BCUT2D eigenvalue weighted by Crippen LogP contribution is 2.34. The lowest BCUT2D eigenvalue weighted by molar-refractivity contribution is -0.143. The molecule has 0 radical (unpaired) electrons. The van der Waals surface area contributed by atoms with E-state index in [2.05, 4.69) is 10.6 Å². The molecule has 3 rings (SSSR count). The zero-order valence-electron chi connectivity index (χ0n) is 14.8. The van der Waals surface area contributed by atoms with E-state index in [-0.39, 0.29) is 6.10 Å². The van der Waals surface area contributed by atoms with Crippen LogP contribution in [-0.4, -0.2) is 18.1 Å². The van der Waals surface area contributed by atoms with Crippen LogP contribution in [0.25, 0.3) is 5.70 Å². The second-order valence-corrected chi connectivity index (χ2v) is 7.13. The maximum Gasteiger partial charge on any atom is 0.338 e. The lowest BCUT2D eigenvalue weighted by Crippen LogP contribution is -2.45. The Labute approximate surface area is 167 Å². The van der Waals surface area contributed by atoms with Gasteiger partial charge in [0.15, 0.2) is 0 Å². The average Bonchev–Trinajstić information content (AvgIpc) is 2.63. The van der Waals surface area contributed by atoms with Gasteiger partial charge in [-0.25, -0.2) is 9.59 Å². The molecule has 2 N–H and O–H groups in total. The van der Waals surface area contributed by atoms with Crippen molar-refractivity contribution in [1.29, 1.82) is 0 Å². The van der Waals surface area contributed by atoms with E-state index < -0.39 is 18.0 Å². The molecule has 1 unspecified atom stereocenters. The number of hydrogen-bond donors (Lipinski definition) is 2. The highest BCUT2D eigenvalue weighted by molar-refractivity contribution is 6.42. The first kappa shape index (κ1) is 19.3. The summed E-state index contributed by atoms with van der Waals surface area (Å²) >= 11 is 12.1.